The van der Waals surface area contributed by atoms with Crippen molar-refractivity contribution in [3.8, 4) is 0 Å². The summed E-state index contributed by atoms with van der Waals surface area (Å²) in [6.07, 6.45) is 0. The quantitative estimate of drug-likeness (QED) is 0.535. The van der Waals surface area contributed by atoms with E-state index in [0.717, 1.165) is 17.7 Å². The number of nitrogen functional groups attached to an aromatic ring is 1. The Hall–Kier alpha value is -1.35. The summed E-state index contributed by atoms with van der Waals surface area (Å²) < 4.78 is 0. The molecule has 3 N–H and O–H groups in total. The first kappa shape index (κ1) is 9.74. The van der Waals surface area contributed by atoms with Crippen LogP contribution in [-0.2, 0) is 6.54 Å². The van der Waals surface area contributed by atoms with Gasteiger partial charge in [-0.2, -0.15) is 0 Å². The number of rotatable bonds is 3. The third-order valence-corrected chi connectivity index (χ3v) is 1.79. The SMILES string of the molecule is CN(C)Cc1ccccc1C(=N)N. The van der Waals surface area contributed by atoms with Crippen LogP contribution in [0.15, 0.2) is 24.3 Å². The Bertz CT molecular complexity index is 305. The molecule has 0 spiro atoms. The first-order valence-corrected chi connectivity index (χ1v) is 4.18. The van der Waals surface area contributed by atoms with Crippen molar-refractivity contribution in [2.45, 2.75) is 6.54 Å². The van der Waals surface area contributed by atoms with Gasteiger partial charge < -0.3 is 10.6 Å². The van der Waals surface area contributed by atoms with Crippen LogP contribution >= 0.6 is 0 Å². The Morgan fingerprint density at radius 2 is 2.00 bits per heavy atom. The molecule has 1 rings (SSSR count). The van der Waals surface area contributed by atoms with E-state index in [1.54, 1.807) is 0 Å². The zero-order valence-corrected chi connectivity index (χ0v) is 8.04. The van der Waals surface area contributed by atoms with Crippen molar-refractivity contribution in [1.82, 2.24) is 4.90 Å². The van der Waals surface area contributed by atoms with Crippen molar-refractivity contribution < 1.29 is 0 Å². The van der Waals surface area contributed by atoms with Crippen LogP contribution in [0.2, 0.25) is 0 Å². The van der Waals surface area contributed by atoms with Gasteiger partial charge in [-0.05, 0) is 19.7 Å². The van der Waals surface area contributed by atoms with Crippen molar-refractivity contribution in [1.29, 1.82) is 5.41 Å². The second kappa shape index (κ2) is 4.05. The summed E-state index contributed by atoms with van der Waals surface area (Å²) in [5.41, 5.74) is 7.38. The lowest BCUT2D eigenvalue weighted by molar-refractivity contribution is 0.402. The van der Waals surface area contributed by atoms with E-state index in [-0.39, 0.29) is 5.84 Å². The molecule has 0 unspecified atom stereocenters. The summed E-state index contributed by atoms with van der Waals surface area (Å²) in [7, 11) is 3.99. The van der Waals surface area contributed by atoms with Crippen molar-refractivity contribution in [3.63, 3.8) is 0 Å². The molecule has 0 aliphatic heterocycles. The molecule has 3 nitrogen and oxygen atoms in total. The molecule has 0 aromatic heterocycles. The second-order valence-electron chi connectivity index (χ2n) is 3.31. The molecular formula is C10H15N3. The third-order valence-electron chi connectivity index (χ3n) is 1.79. The highest BCUT2D eigenvalue weighted by Gasteiger charge is 2.04. The summed E-state index contributed by atoms with van der Waals surface area (Å²) in [6, 6.07) is 7.74. The minimum Gasteiger partial charge on any atom is -0.384 e. The van der Waals surface area contributed by atoms with E-state index in [2.05, 4.69) is 4.90 Å². The van der Waals surface area contributed by atoms with Gasteiger partial charge in [0, 0.05) is 12.1 Å². The summed E-state index contributed by atoms with van der Waals surface area (Å²) in [4.78, 5) is 2.06. The zero-order chi connectivity index (χ0) is 9.84. The van der Waals surface area contributed by atoms with Crippen LogP contribution in [0.4, 0.5) is 0 Å². The molecular weight excluding hydrogens is 162 g/mol. The van der Waals surface area contributed by atoms with Gasteiger partial charge in [-0.25, -0.2) is 0 Å². The third kappa shape index (κ3) is 2.56. The normalized spacial score (nSPS) is 10.4. The molecule has 1 aromatic rings. The average Bonchev–Trinajstić information content (AvgIpc) is 2.03. The van der Waals surface area contributed by atoms with Gasteiger partial charge in [0.1, 0.15) is 5.84 Å². The molecule has 0 aliphatic rings. The molecule has 0 aliphatic carbocycles. The van der Waals surface area contributed by atoms with Crippen molar-refractivity contribution in [3.05, 3.63) is 35.4 Å². The summed E-state index contributed by atoms with van der Waals surface area (Å²) in [5.74, 6) is 0.137. The molecule has 0 fully saturated rings. The van der Waals surface area contributed by atoms with Gasteiger partial charge in [0.25, 0.3) is 0 Å². The molecule has 0 saturated carbocycles. The van der Waals surface area contributed by atoms with E-state index < -0.39 is 0 Å². The summed E-state index contributed by atoms with van der Waals surface area (Å²) in [6.45, 7) is 0.815. The maximum absolute atomic E-state index is 7.38. The maximum Gasteiger partial charge on any atom is 0.123 e. The van der Waals surface area contributed by atoms with Crippen LogP contribution in [0.1, 0.15) is 11.1 Å². The highest BCUT2D eigenvalue weighted by molar-refractivity contribution is 5.96. The average molecular weight is 177 g/mol. The molecule has 0 saturated heterocycles. The Morgan fingerprint density at radius 3 is 2.54 bits per heavy atom. The predicted octanol–water partition coefficient (Wildman–Crippen LogP) is 1.03. The van der Waals surface area contributed by atoms with E-state index in [0.29, 0.717) is 0 Å². The standard InChI is InChI=1S/C10H15N3/c1-13(2)7-8-5-3-4-6-9(8)10(11)12/h3-6H,7H2,1-2H3,(H3,11,12). The number of benzene rings is 1. The number of hydrogen-bond acceptors (Lipinski definition) is 2. The Kier molecular flexibility index (Phi) is 3.03. The van der Waals surface area contributed by atoms with Crippen LogP contribution in [-0.4, -0.2) is 24.8 Å². The van der Waals surface area contributed by atoms with Gasteiger partial charge in [0.2, 0.25) is 0 Å². The molecule has 3 heteroatoms. The van der Waals surface area contributed by atoms with Crippen LogP contribution in [0.3, 0.4) is 0 Å². The summed E-state index contributed by atoms with van der Waals surface area (Å²) >= 11 is 0. The topological polar surface area (TPSA) is 53.1 Å². The molecule has 70 valence electrons. The number of amidine groups is 1. The minimum absolute atomic E-state index is 0.137. The first-order valence-electron chi connectivity index (χ1n) is 4.18. The number of hydrogen-bond donors (Lipinski definition) is 2. The molecule has 0 radical (unpaired) electrons. The van der Waals surface area contributed by atoms with Crippen LogP contribution in [0, 0.1) is 5.41 Å². The van der Waals surface area contributed by atoms with E-state index >= 15 is 0 Å². The van der Waals surface area contributed by atoms with Crippen molar-refractivity contribution in [2.75, 3.05) is 14.1 Å². The summed E-state index contributed by atoms with van der Waals surface area (Å²) in [5, 5.41) is 7.38. The van der Waals surface area contributed by atoms with E-state index in [4.69, 9.17) is 11.1 Å². The molecule has 0 heterocycles. The lowest BCUT2D eigenvalue weighted by Crippen LogP contribution is -2.18. The van der Waals surface area contributed by atoms with Crippen molar-refractivity contribution >= 4 is 5.84 Å². The van der Waals surface area contributed by atoms with E-state index in [1.807, 2.05) is 38.4 Å². The van der Waals surface area contributed by atoms with Gasteiger partial charge in [-0.1, -0.05) is 24.3 Å². The molecule has 0 amide bonds. The monoisotopic (exact) mass is 177 g/mol. The fraction of sp³-hybridized carbons (Fsp3) is 0.300. The highest BCUT2D eigenvalue weighted by atomic mass is 15.0. The number of nitrogens with one attached hydrogen (secondary N) is 1. The number of nitrogens with zero attached hydrogens (tertiary/aromatic N) is 1. The smallest absolute Gasteiger partial charge is 0.123 e. The van der Waals surface area contributed by atoms with Gasteiger partial charge in [0.05, 0.1) is 0 Å². The Balaban J connectivity index is 2.98. The van der Waals surface area contributed by atoms with Gasteiger partial charge in [0.15, 0.2) is 0 Å². The molecule has 1 aromatic carbocycles. The highest BCUT2D eigenvalue weighted by Crippen LogP contribution is 2.09. The largest absolute Gasteiger partial charge is 0.384 e. The van der Waals surface area contributed by atoms with E-state index in [9.17, 15) is 0 Å². The predicted molar refractivity (Wildman–Crippen MR) is 54.8 cm³/mol. The van der Waals surface area contributed by atoms with Gasteiger partial charge in [-0.15, -0.1) is 0 Å². The van der Waals surface area contributed by atoms with Crippen LogP contribution < -0.4 is 5.73 Å². The number of nitrogens with two attached hydrogens (primary N) is 1. The van der Waals surface area contributed by atoms with Gasteiger partial charge >= 0.3 is 0 Å². The Morgan fingerprint density at radius 1 is 1.38 bits per heavy atom. The second-order valence-corrected chi connectivity index (χ2v) is 3.31. The van der Waals surface area contributed by atoms with Gasteiger partial charge in [-0.3, -0.25) is 5.41 Å². The van der Waals surface area contributed by atoms with Crippen LogP contribution in [0.5, 0.6) is 0 Å². The Labute approximate surface area is 78.7 Å². The fourth-order valence-electron chi connectivity index (χ4n) is 1.26. The van der Waals surface area contributed by atoms with Crippen molar-refractivity contribution in [2.24, 2.45) is 5.73 Å². The first-order chi connectivity index (χ1) is 6.11. The minimum atomic E-state index is 0.137. The molecule has 0 bridgehead atoms. The maximum atomic E-state index is 7.38. The lowest BCUT2D eigenvalue weighted by atomic mass is 10.1. The zero-order valence-electron chi connectivity index (χ0n) is 8.04. The van der Waals surface area contributed by atoms with Crippen LogP contribution in [0.25, 0.3) is 0 Å². The molecule has 0 atom stereocenters. The fourth-order valence-corrected chi connectivity index (χ4v) is 1.26. The molecule has 13 heavy (non-hydrogen) atoms. The lowest BCUT2D eigenvalue weighted by Gasteiger charge is -2.12. The van der Waals surface area contributed by atoms with E-state index in [1.165, 1.54) is 0 Å².